The topological polar surface area (TPSA) is 70.6 Å². The molecule has 1 N–H and O–H groups in total. The van der Waals surface area contributed by atoms with Crippen molar-refractivity contribution in [2.45, 2.75) is 4.90 Å². The lowest BCUT2D eigenvalue weighted by Gasteiger charge is -2.34. The van der Waals surface area contributed by atoms with Crippen LogP contribution in [-0.2, 0) is 11.0 Å². The monoisotopic (exact) mass is 509 g/mol. The number of benzene rings is 2. The van der Waals surface area contributed by atoms with Gasteiger partial charge in [-0.15, -0.1) is 0 Å². The van der Waals surface area contributed by atoms with Crippen molar-refractivity contribution in [2.75, 3.05) is 50.0 Å². The van der Waals surface area contributed by atoms with E-state index in [1.807, 2.05) is 24.4 Å². The molecular weight excluding hydrogens is 484 g/mol. The molecule has 3 heterocycles. The normalized spacial score (nSPS) is 15.2. The first kappa shape index (κ1) is 24.1. The van der Waals surface area contributed by atoms with Crippen molar-refractivity contribution in [2.24, 2.45) is 0 Å². The smallest absolute Gasteiger partial charge is 0.238 e. The number of rotatable bonds is 6. The lowest BCUT2D eigenvalue weighted by molar-refractivity contribution is 0.313. The van der Waals surface area contributed by atoms with Crippen molar-refractivity contribution >= 4 is 33.3 Å². The average Bonchev–Trinajstić information content (AvgIpc) is 2.88. The molecule has 10 heteroatoms. The summed E-state index contributed by atoms with van der Waals surface area (Å²) < 4.78 is 48.3. The number of piperazine rings is 1. The molecule has 36 heavy (non-hydrogen) atoms. The van der Waals surface area contributed by atoms with Crippen molar-refractivity contribution in [3.05, 3.63) is 72.6 Å². The molecule has 7 nitrogen and oxygen atoms in total. The molecule has 2 aromatic carbocycles. The van der Waals surface area contributed by atoms with E-state index in [0.717, 1.165) is 66.0 Å². The quantitative estimate of drug-likeness (QED) is 0.414. The van der Waals surface area contributed by atoms with Crippen LogP contribution in [0.25, 0.3) is 22.0 Å². The number of hydrogen-bond acceptors (Lipinski definition) is 6. The predicted octanol–water partition coefficient (Wildman–Crippen LogP) is 4.47. The fourth-order valence-corrected chi connectivity index (χ4v) is 5.14. The van der Waals surface area contributed by atoms with Crippen molar-refractivity contribution in [3.8, 4) is 17.0 Å². The zero-order valence-corrected chi connectivity index (χ0v) is 20.7. The molecule has 1 aliphatic rings. The Morgan fingerprint density at radius 2 is 1.78 bits per heavy atom. The molecule has 0 amide bonds. The van der Waals surface area contributed by atoms with E-state index in [2.05, 4.69) is 37.6 Å². The van der Waals surface area contributed by atoms with Gasteiger partial charge in [-0.2, -0.15) is 0 Å². The summed E-state index contributed by atoms with van der Waals surface area (Å²) in [6.45, 7) is 3.85. The van der Waals surface area contributed by atoms with Gasteiger partial charge in [0.15, 0.2) is 11.0 Å². The van der Waals surface area contributed by atoms with Gasteiger partial charge in [0.25, 0.3) is 0 Å². The van der Waals surface area contributed by atoms with Crippen LogP contribution in [0, 0.1) is 11.6 Å². The molecule has 0 radical (unpaired) electrons. The number of halogens is 2. The Bertz CT molecular complexity index is 1440. The van der Waals surface area contributed by atoms with Crippen LogP contribution in [0.3, 0.4) is 0 Å². The van der Waals surface area contributed by atoms with E-state index in [9.17, 15) is 13.0 Å². The lowest BCUT2D eigenvalue weighted by Crippen LogP contribution is -2.44. The number of methoxy groups -OCH3 is 1. The van der Waals surface area contributed by atoms with Gasteiger partial charge in [-0.1, -0.05) is 6.07 Å². The largest absolute Gasteiger partial charge is 0.480 e. The summed E-state index contributed by atoms with van der Waals surface area (Å²) in [6.07, 6.45) is 3.50. The Balaban J connectivity index is 1.49. The third-order valence-electron chi connectivity index (χ3n) is 6.24. The maximum Gasteiger partial charge on any atom is 0.238 e. The van der Waals surface area contributed by atoms with Gasteiger partial charge in [0.05, 0.1) is 17.5 Å². The van der Waals surface area contributed by atoms with E-state index >= 15 is 0 Å². The molecule has 186 valence electrons. The van der Waals surface area contributed by atoms with Gasteiger partial charge in [0.2, 0.25) is 5.88 Å². The molecule has 4 aromatic rings. The Morgan fingerprint density at radius 1 is 0.972 bits per heavy atom. The van der Waals surface area contributed by atoms with Gasteiger partial charge in [-0.05, 0) is 49.0 Å². The van der Waals surface area contributed by atoms with Crippen LogP contribution in [0.1, 0.15) is 0 Å². The summed E-state index contributed by atoms with van der Waals surface area (Å²) in [4.78, 5) is 13.4. The maximum absolute atomic E-state index is 14.2. The van der Waals surface area contributed by atoms with Crippen molar-refractivity contribution in [3.63, 3.8) is 0 Å². The van der Waals surface area contributed by atoms with Crippen molar-refractivity contribution in [1.82, 2.24) is 14.9 Å². The summed E-state index contributed by atoms with van der Waals surface area (Å²) in [6, 6.07) is 12.7. The summed E-state index contributed by atoms with van der Waals surface area (Å²) in [5.41, 5.74) is 3.99. The highest BCUT2D eigenvalue weighted by molar-refractivity contribution is 7.86. The van der Waals surface area contributed by atoms with E-state index < -0.39 is 22.6 Å². The summed E-state index contributed by atoms with van der Waals surface area (Å²) in [5, 5.41) is 1.03. The molecule has 0 bridgehead atoms. The van der Waals surface area contributed by atoms with Gasteiger partial charge in [0, 0.05) is 61.3 Å². The Labute approximate surface area is 210 Å². The van der Waals surface area contributed by atoms with Crippen LogP contribution in [-0.4, -0.2) is 59.4 Å². The van der Waals surface area contributed by atoms with Gasteiger partial charge in [-0.3, -0.25) is 9.71 Å². The molecule has 1 fully saturated rings. The fourth-order valence-electron chi connectivity index (χ4n) is 4.26. The van der Waals surface area contributed by atoms with E-state index in [-0.39, 0.29) is 10.8 Å². The molecule has 1 atom stereocenters. The number of likely N-dealkylation sites (N-methyl/N-ethyl adjacent to an activating group) is 1. The number of ether oxygens (including phenoxy) is 1. The molecule has 1 aliphatic heterocycles. The second kappa shape index (κ2) is 10.2. The highest BCUT2D eigenvalue weighted by Crippen LogP contribution is 2.33. The number of nitrogens with zero attached hydrogens (tertiary/aromatic N) is 4. The van der Waals surface area contributed by atoms with Crippen molar-refractivity contribution < 1.29 is 17.7 Å². The Morgan fingerprint density at radius 3 is 2.53 bits per heavy atom. The zero-order valence-electron chi connectivity index (χ0n) is 19.9. The number of pyridine rings is 2. The highest BCUT2D eigenvalue weighted by Gasteiger charge is 2.18. The molecule has 0 saturated carbocycles. The highest BCUT2D eigenvalue weighted by atomic mass is 32.2. The summed E-state index contributed by atoms with van der Waals surface area (Å²) in [5.74, 6) is -1.44. The predicted molar refractivity (Wildman–Crippen MR) is 138 cm³/mol. The number of aromatic nitrogens is 2. The lowest BCUT2D eigenvalue weighted by atomic mass is 10.0. The second-order valence-corrected chi connectivity index (χ2v) is 9.76. The number of nitrogens with one attached hydrogen (secondary N) is 1. The van der Waals surface area contributed by atoms with Crippen LogP contribution < -0.4 is 14.4 Å². The molecule has 1 saturated heterocycles. The van der Waals surface area contributed by atoms with Gasteiger partial charge in [-0.25, -0.2) is 18.0 Å². The van der Waals surface area contributed by atoms with E-state index in [0.29, 0.717) is 11.8 Å². The first-order chi connectivity index (χ1) is 17.4. The minimum Gasteiger partial charge on any atom is -0.480 e. The summed E-state index contributed by atoms with van der Waals surface area (Å²) in [7, 11) is 1.57. The number of hydrogen-bond donors (Lipinski definition) is 1. The summed E-state index contributed by atoms with van der Waals surface area (Å²) >= 11 is 0. The SMILES string of the molecule is COc1ncc(-c2ccc3nccc(N4CCN(C)CC4)c3c2)cc1NS(=O)c1ccc(F)cc1F. The van der Waals surface area contributed by atoms with Gasteiger partial charge >= 0.3 is 0 Å². The second-order valence-electron chi connectivity index (χ2n) is 8.58. The minimum atomic E-state index is -2.00. The van der Waals surface area contributed by atoms with Crippen LogP contribution in [0.4, 0.5) is 20.2 Å². The van der Waals surface area contributed by atoms with Crippen molar-refractivity contribution in [1.29, 1.82) is 0 Å². The van der Waals surface area contributed by atoms with E-state index in [1.165, 1.54) is 7.11 Å². The Hall–Kier alpha value is -3.63. The first-order valence-electron chi connectivity index (χ1n) is 11.4. The van der Waals surface area contributed by atoms with E-state index in [1.54, 1.807) is 12.3 Å². The van der Waals surface area contributed by atoms with E-state index in [4.69, 9.17) is 4.74 Å². The third kappa shape index (κ3) is 4.87. The van der Waals surface area contributed by atoms with Gasteiger partial charge < -0.3 is 14.5 Å². The minimum absolute atomic E-state index is 0.169. The molecule has 5 rings (SSSR count). The van der Waals surface area contributed by atoms with Gasteiger partial charge in [0.1, 0.15) is 17.3 Å². The van der Waals surface area contributed by atoms with Crippen LogP contribution in [0.2, 0.25) is 0 Å². The number of fused-ring (bicyclic) bond motifs is 1. The standard InChI is InChI=1S/C26H25F2N5O2S/c1-32-9-11-33(12-10-32)24-7-8-29-22-5-3-17(13-20(22)24)18-14-23(26(35-2)30-16-18)31-36(34)25-6-4-19(27)15-21(25)28/h3-8,13-16,31H,9-12H2,1-2H3. The molecule has 0 aliphatic carbocycles. The Kier molecular flexibility index (Phi) is 6.80. The third-order valence-corrected chi connectivity index (χ3v) is 7.37. The molecule has 1 unspecified atom stereocenters. The molecular formula is C26H25F2N5O2S. The van der Waals surface area contributed by atoms with Crippen LogP contribution in [0.15, 0.2) is 65.8 Å². The zero-order chi connectivity index (χ0) is 25.2. The first-order valence-corrected chi connectivity index (χ1v) is 12.6. The maximum atomic E-state index is 14.2. The van der Waals surface area contributed by atoms with Crippen LogP contribution >= 0.6 is 0 Å². The van der Waals surface area contributed by atoms with Crippen LogP contribution in [0.5, 0.6) is 5.88 Å². The number of anilines is 2. The molecule has 2 aromatic heterocycles. The molecule has 0 spiro atoms. The fraction of sp³-hybridized carbons (Fsp3) is 0.231. The average molecular weight is 510 g/mol.